The largest absolute Gasteiger partial charge is 0.379 e. The van der Waals surface area contributed by atoms with Crippen molar-refractivity contribution in [2.24, 2.45) is 0 Å². The molecule has 4 rings (SSSR count). The third kappa shape index (κ3) is 4.68. The predicted molar refractivity (Wildman–Crippen MR) is 112 cm³/mol. The molecule has 2 heterocycles. The van der Waals surface area contributed by atoms with Crippen LogP contribution < -0.4 is 10.2 Å². The molecule has 0 radical (unpaired) electrons. The van der Waals surface area contributed by atoms with Gasteiger partial charge in [-0.05, 0) is 42.3 Å². The quantitative estimate of drug-likeness (QED) is 0.794. The van der Waals surface area contributed by atoms with E-state index in [0.29, 0.717) is 38.3 Å². The highest BCUT2D eigenvalue weighted by molar-refractivity contribution is 5.99. The number of morpholine rings is 1. The summed E-state index contributed by atoms with van der Waals surface area (Å²) in [5.74, 6) is -0.378. The highest BCUT2D eigenvalue weighted by Gasteiger charge is 2.25. The number of ether oxygens (including phenoxy) is 1. The molecule has 1 N–H and O–H groups in total. The van der Waals surface area contributed by atoms with E-state index in [1.807, 2.05) is 6.07 Å². The predicted octanol–water partition coefficient (Wildman–Crippen LogP) is 2.76. The van der Waals surface area contributed by atoms with Crippen LogP contribution in [0.2, 0.25) is 0 Å². The molecule has 0 unspecified atom stereocenters. The normalized spacial score (nSPS) is 18.4. The number of carbonyl (C=O) groups is 2. The lowest BCUT2D eigenvalue weighted by Gasteiger charge is -2.35. The van der Waals surface area contributed by atoms with Crippen LogP contribution in [0.4, 0.5) is 10.1 Å². The Morgan fingerprint density at radius 2 is 1.87 bits per heavy atom. The summed E-state index contributed by atoms with van der Waals surface area (Å²) >= 11 is 0. The third-order valence-corrected chi connectivity index (χ3v) is 5.69. The first-order valence-electron chi connectivity index (χ1n) is 10.4. The van der Waals surface area contributed by atoms with Crippen molar-refractivity contribution in [2.75, 3.05) is 44.3 Å². The summed E-state index contributed by atoms with van der Waals surface area (Å²) in [5, 5.41) is 3.02. The Bertz CT molecular complexity index is 897. The average Bonchev–Trinajstić information content (AvgIpc) is 3.21. The Kier molecular flexibility index (Phi) is 6.40. The second-order valence-electron chi connectivity index (χ2n) is 7.62. The van der Waals surface area contributed by atoms with Crippen molar-refractivity contribution in [1.29, 1.82) is 0 Å². The third-order valence-electron chi connectivity index (χ3n) is 5.69. The maximum Gasteiger partial charge on any atom is 0.251 e. The molecule has 2 aliphatic heterocycles. The van der Waals surface area contributed by atoms with E-state index in [9.17, 15) is 14.0 Å². The molecule has 2 amide bonds. The molecular formula is C23H26FN3O3. The van der Waals surface area contributed by atoms with E-state index < -0.39 is 0 Å². The minimum absolute atomic E-state index is 0.0678. The van der Waals surface area contributed by atoms with Crippen LogP contribution in [0.15, 0.2) is 48.5 Å². The molecule has 2 fully saturated rings. The number of amides is 2. The summed E-state index contributed by atoms with van der Waals surface area (Å²) in [5.41, 5.74) is 2.23. The summed E-state index contributed by atoms with van der Waals surface area (Å²) in [7, 11) is 0. The summed E-state index contributed by atoms with van der Waals surface area (Å²) in [6, 6.07) is 13.5. The fourth-order valence-corrected chi connectivity index (χ4v) is 4.06. The molecular weight excluding hydrogens is 385 g/mol. The molecule has 2 aromatic rings. The molecule has 0 spiro atoms. The number of nitrogens with zero attached hydrogens (tertiary/aromatic N) is 2. The van der Waals surface area contributed by atoms with E-state index in [1.165, 1.54) is 12.1 Å². The summed E-state index contributed by atoms with van der Waals surface area (Å²) in [6.07, 6.45) is 1.39. The van der Waals surface area contributed by atoms with E-state index in [4.69, 9.17) is 4.74 Å². The number of carbonyl (C=O) groups excluding carboxylic acids is 2. The Hall–Kier alpha value is -2.77. The van der Waals surface area contributed by atoms with Gasteiger partial charge in [-0.3, -0.25) is 14.5 Å². The standard InChI is InChI=1S/C23H26FN3O3/c24-19-8-6-17(7-9-19)21(26-11-13-30-14-12-26)16-25-23(29)18-3-1-4-20(15-18)27-10-2-5-22(27)28/h1,3-4,6-9,15,21H,2,5,10-14,16H2,(H,25,29)/t21-/m0/s1. The minimum atomic E-state index is -0.281. The van der Waals surface area contributed by atoms with Gasteiger partial charge in [0.1, 0.15) is 5.82 Å². The van der Waals surface area contributed by atoms with Gasteiger partial charge in [-0.2, -0.15) is 0 Å². The Balaban J connectivity index is 1.47. The van der Waals surface area contributed by atoms with E-state index in [1.54, 1.807) is 35.2 Å². The zero-order chi connectivity index (χ0) is 20.9. The second-order valence-corrected chi connectivity index (χ2v) is 7.62. The van der Waals surface area contributed by atoms with Gasteiger partial charge in [0, 0.05) is 43.9 Å². The average molecular weight is 411 g/mol. The molecule has 0 aromatic heterocycles. The van der Waals surface area contributed by atoms with Crippen LogP contribution in [-0.4, -0.2) is 56.1 Å². The summed E-state index contributed by atoms with van der Waals surface area (Å²) in [4.78, 5) is 28.8. The Labute approximate surface area is 175 Å². The maximum absolute atomic E-state index is 13.4. The van der Waals surface area contributed by atoms with E-state index in [0.717, 1.165) is 30.8 Å². The first-order valence-corrected chi connectivity index (χ1v) is 10.4. The second kappa shape index (κ2) is 9.36. The van der Waals surface area contributed by atoms with E-state index >= 15 is 0 Å². The van der Waals surface area contributed by atoms with E-state index in [-0.39, 0.29) is 23.7 Å². The van der Waals surface area contributed by atoms with Crippen molar-refractivity contribution in [3.8, 4) is 0 Å². The molecule has 7 heteroatoms. The highest BCUT2D eigenvalue weighted by atomic mass is 19.1. The lowest BCUT2D eigenvalue weighted by atomic mass is 10.0. The van der Waals surface area contributed by atoms with Gasteiger partial charge in [0.25, 0.3) is 5.91 Å². The van der Waals surface area contributed by atoms with Crippen LogP contribution in [0.1, 0.15) is 34.8 Å². The molecule has 30 heavy (non-hydrogen) atoms. The Morgan fingerprint density at radius 3 is 2.57 bits per heavy atom. The highest BCUT2D eigenvalue weighted by Crippen LogP contribution is 2.24. The number of rotatable bonds is 6. The number of anilines is 1. The summed E-state index contributed by atoms with van der Waals surface area (Å²) < 4.78 is 18.8. The van der Waals surface area contributed by atoms with Crippen molar-refractivity contribution < 1.29 is 18.7 Å². The van der Waals surface area contributed by atoms with Crippen LogP contribution in [0.25, 0.3) is 0 Å². The fraction of sp³-hybridized carbons (Fsp3) is 0.391. The number of hydrogen-bond acceptors (Lipinski definition) is 4. The monoisotopic (exact) mass is 411 g/mol. The SMILES string of the molecule is O=C(NC[C@@H](c1ccc(F)cc1)N1CCOCC1)c1cccc(N2CCCC2=O)c1. The number of halogens is 1. The van der Waals surface area contributed by atoms with Crippen LogP contribution in [-0.2, 0) is 9.53 Å². The smallest absolute Gasteiger partial charge is 0.251 e. The Morgan fingerprint density at radius 1 is 1.10 bits per heavy atom. The van der Waals surface area contributed by atoms with E-state index in [2.05, 4.69) is 10.2 Å². The molecule has 6 nitrogen and oxygen atoms in total. The molecule has 0 bridgehead atoms. The molecule has 2 aromatic carbocycles. The van der Waals surface area contributed by atoms with Gasteiger partial charge in [-0.25, -0.2) is 4.39 Å². The lowest BCUT2D eigenvalue weighted by Crippen LogP contribution is -2.43. The van der Waals surface area contributed by atoms with Crippen molar-refractivity contribution in [3.63, 3.8) is 0 Å². The van der Waals surface area contributed by atoms with Crippen molar-refractivity contribution in [1.82, 2.24) is 10.2 Å². The van der Waals surface area contributed by atoms with Crippen LogP contribution in [0.3, 0.4) is 0 Å². The van der Waals surface area contributed by atoms with Crippen molar-refractivity contribution >= 4 is 17.5 Å². The first-order chi connectivity index (χ1) is 14.6. The lowest BCUT2D eigenvalue weighted by molar-refractivity contribution is -0.117. The number of nitrogens with one attached hydrogen (secondary N) is 1. The van der Waals surface area contributed by atoms with Crippen LogP contribution in [0.5, 0.6) is 0 Å². The number of benzene rings is 2. The van der Waals surface area contributed by atoms with Gasteiger partial charge in [0.15, 0.2) is 0 Å². The van der Waals surface area contributed by atoms with Gasteiger partial charge >= 0.3 is 0 Å². The zero-order valence-electron chi connectivity index (χ0n) is 16.9. The molecule has 158 valence electrons. The van der Waals surface area contributed by atoms with Gasteiger partial charge in [0.05, 0.1) is 19.3 Å². The molecule has 1 atom stereocenters. The van der Waals surface area contributed by atoms with Gasteiger partial charge in [-0.15, -0.1) is 0 Å². The maximum atomic E-state index is 13.4. The first kappa shape index (κ1) is 20.5. The van der Waals surface area contributed by atoms with Crippen molar-refractivity contribution in [3.05, 3.63) is 65.5 Å². The molecule has 2 aliphatic rings. The minimum Gasteiger partial charge on any atom is -0.379 e. The molecule has 0 saturated carbocycles. The van der Waals surface area contributed by atoms with Gasteiger partial charge < -0.3 is 15.0 Å². The zero-order valence-corrected chi connectivity index (χ0v) is 16.9. The molecule has 2 saturated heterocycles. The van der Waals surface area contributed by atoms with Gasteiger partial charge in [-0.1, -0.05) is 18.2 Å². The van der Waals surface area contributed by atoms with Crippen molar-refractivity contribution in [2.45, 2.75) is 18.9 Å². The topological polar surface area (TPSA) is 61.9 Å². The van der Waals surface area contributed by atoms with Crippen LogP contribution in [0, 0.1) is 5.82 Å². The van der Waals surface area contributed by atoms with Gasteiger partial charge in [0.2, 0.25) is 5.91 Å². The number of hydrogen-bond donors (Lipinski definition) is 1. The summed E-state index contributed by atoms with van der Waals surface area (Å²) in [6.45, 7) is 3.87. The van der Waals surface area contributed by atoms with Crippen LogP contribution >= 0.6 is 0 Å². The molecule has 0 aliphatic carbocycles. The fourth-order valence-electron chi connectivity index (χ4n) is 4.06.